The summed E-state index contributed by atoms with van der Waals surface area (Å²) in [5.41, 5.74) is 0. The minimum absolute atomic E-state index is 0. The maximum atomic E-state index is 8.62. The van der Waals surface area contributed by atoms with E-state index in [-0.39, 0.29) is 1.43 Å². The predicted octanol–water partition coefficient (Wildman–Crippen LogP) is -5.98. The molecule has 0 radical (unpaired) electrons. The van der Waals surface area contributed by atoms with E-state index in [9.17, 15) is 0 Å². The second-order valence-corrected chi connectivity index (χ2v) is 3.29. The first kappa shape index (κ1) is 13.0. The van der Waals surface area contributed by atoms with Crippen molar-refractivity contribution in [2.45, 2.75) is 0 Å². The average molecular weight is 209 g/mol. The number of hydrogen-bond donors (Lipinski definition) is 0. The van der Waals surface area contributed by atoms with Crippen LogP contribution in [0.25, 0.3) is 0 Å². The Morgan fingerprint density at radius 3 is 1.00 bits per heavy atom. The van der Waals surface area contributed by atoms with Gasteiger partial charge in [0, 0.05) is 10.4 Å². The molecule has 0 heterocycles. The van der Waals surface area contributed by atoms with Gasteiger partial charge in [-0.2, -0.15) is 0 Å². The Bertz CT molecular complexity index is 149. The van der Waals surface area contributed by atoms with Crippen molar-refractivity contribution in [1.29, 1.82) is 0 Å². The molecule has 0 N–H and O–H groups in total. The average Bonchev–Trinajstić information content (AvgIpc) is 1.12. The van der Waals surface area contributed by atoms with Crippen LogP contribution in [0.15, 0.2) is 0 Å². The van der Waals surface area contributed by atoms with Crippen molar-refractivity contribution in [3.63, 3.8) is 0 Å². The van der Waals surface area contributed by atoms with E-state index in [1.165, 1.54) is 0 Å². The van der Waals surface area contributed by atoms with Crippen LogP contribution in [0.5, 0.6) is 0 Å². The van der Waals surface area contributed by atoms with Gasteiger partial charge in [0.05, 0.1) is 0 Å². The Kier molecular flexibility index (Phi) is 5.65. The van der Waals surface area contributed by atoms with Crippen molar-refractivity contribution in [2.24, 2.45) is 0 Å². The zero-order chi connectivity index (χ0) is 9.00. The summed E-state index contributed by atoms with van der Waals surface area (Å²) in [6.45, 7) is 0. The van der Waals surface area contributed by atoms with Crippen LogP contribution in [0.3, 0.4) is 0 Å². The van der Waals surface area contributed by atoms with Crippen LogP contribution in [0.2, 0.25) is 0 Å². The van der Waals surface area contributed by atoms with Crippen LogP contribution in [0.4, 0.5) is 0 Å². The normalized spacial score (nSPS) is 11.8. The van der Waals surface area contributed by atoms with E-state index in [4.69, 9.17) is 32.3 Å². The SMILES string of the molecule is O=S(=O)([O-])[O-].[H+].[O-][Ti]([O-])([O-])[O-]. The second kappa shape index (κ2) is 4.33. The van der Waals surface area contributed by atoms with E-state index in [1.807, 2.05) is 0 Å². The first-order valence-corrected chi connectivity index (χ1v) is 5.37. The summed E-state index contributed by atoms with van der Waals surface area (Å²) in [5.74, 6) is 0. The summed E-state index contributed by atoms with van der Waals surface area (Å²) < 4.78 is 68.6. The van der Waals surface area contributed by atoms with Gasteiger partial charge in [-0.3, -0.25) is 8.42 Å². The number of rotatable bonds is 0. The molecule has 0 fully saturated rings. The van der Waals surface area contributed by atoms with Gasteiger partial charge in [0.2, 0.25) is 0 Å². The molecule has 0 aromatic rings. The number of hydrogen-bond acceptors (Lipinski definition) is 8. The summed E-state index contributed by atoms with van der Waals surface area (Å²) in [7, 11) is -5.17. The standard InChI is InChI=1S/H2O4S.4O.Ti/c1-5(2,3)4;;;;;/h(H2,1,2,3,4);;;;;/q;4*-1;/p-1. The van der Waals surface area contributed by atoms with Crippen LogP contribution in [-0.2, 0) is 28.5 Å². The quantitative estimate of drug-likeness (QED) is 0.215. The molecule has 64 valence electrons. The molecule has 0 amide bonds. The molecule has 10 heavy (non-hydrogen) atoms. The van der Waals surface area contributed by atoms with Crippen molar-refractivity contribution in [1.82, 2.24) is 0 Å². The van der Waals surface area contributed by atoms with Crippen molar-refractivity contribution in [3.8, 4) is 0 Å². The van der Waals surface area contributed by atoms with Gasteiger partial charge < -0.3 is 9.11 Å². The molecule has 0 aromatic heterocycles. The summed E-state index contributed by atoms with van der Waals surface area (Å²) in [4.78, 5) is 0. The summed E-state index contributed by atoms with van der Waals surface area (Å²) >= 11 is -6.00. The van der Waals surface area contributed by atoms with Crippen molar-refractivity contribution in [3.05, 3.63) is 0 Å². The molecule has 0 aliphatic rings. The van der Waals surface area contributed by atoms with Crippen LogP contribution < -0.4 is 14.8 Å². The van der Waals surface area contributed by atoms with Gasteiger partial charge in [0.25, 0.3) is 0 Å². The van der Waals surface area contributed by atoms with E-state index in [2.05, 4.69) is 0 Å². The fourth-order valence-corrected chi connectivity index (χ4v) is 0. The van der Waals surface area contributed by atoms with Gasteiger partial charge in [0.1, 0.15) is 0 Å². The third-order valence-electron chi connectivity index (χ3n) is 0. The summed E-state index contributed by atoms with van der Waals surface area (Å²) in [6, 6.07) is 0. The van der Waals surface area contributed by atoms with Crippen LogP contribution >= 0.6 is 0 Å². The maximum absolute atomic E-state index is 8.62. The first-order valence-electron chi connectivity index (χ1n) is 1.48. The molecule has 0 unspecified atom stereocenters. The predicted molar refractivity (Wildman–Crippen MR) is 11.6 cm³/mol. The molecule has 0 saturated carbocycles. The molecule has 0 aromatic carbocycles. The van der Waals surface area contributed by atoms with Gasteiger partial charge in [0.15, 0.2) is 0 Å². The van der Waals surface area contributed by atoms with Crippen LogP contribution in [0, 0.1) is 0 Å². The fraction of sp³-hybridized carbons (Fsp3) is 0. The molecule has 0 bridgehead atoms. The second-order valence-electron chi connectivity index (χ2n) is 0.908. The van der Waals surface area contributed by atoms with Gasteiger partial charge >= 0.3 is 34.3 Å². The molecular formula is HO8STi-5. The van der Waals surface area contributed by atoms with E-state index in [0.29, 0.717) is 0 Å². The van der Waals surface area contributed by atoms with Gasteiger partial charge in [-0.05, 0) is 0 Å². The van der Waals surface area contributed by atoms with E-state index < -0.39 is 28.5 Å². The monoisotopic (exact) mass is 209 g/mol. The van der Waals surface area contributed by atoms with E-state index in [0.717, 1.165) is 0 Å². The minimum atomic E-state index is -6.00. The van der Waals surface area contributed by atoms with Gasteiger partial charge in [-0.25, -0.2) is 0 Å². The van der Waals surface area contributed by atoms with E-state index in [1.54, 1.807) is 0 Å². The molecule has 0 aliphatic carbocycles. The molecule has 0 aliphatic heterocycles. The molecule has 0 spiro atoms. The first-order chi connectivity index (χ1) is 4.00. The van der Waals surface area contributed by atoms with Gasteiger partial charge in [-0.1, -0.05) is 0 Å². The molecule has 10 heteroatoms. The summed E-state index contributed by atoms with van der Waals surface area (Å²) in [5, 5.41) is 0. The molecule has 0 rings (SSSR count). The van der Waals surface area contributed by atoms with E-state index >= 15 is 0 Å². The van der Waals surface area contributed by atoms with Crippen LogP contribution in [-0.4, -0.2) is 17.5 Å². The summed E-state index contributed by atoms with van der Waals surface area (Å²) in [6.07, 6.45) is 0. The molecule has 0 atom stereocenters. The molecular weight excluding hydrogens is 208 g/mol. The Labute approximate surface area is 62.7 Å². The third-order valence-corrected chi connectivity index (χ3v) is 0. The third kappa shape index (κ3) is 2580. The van der Waals surface area contributed by atoms with Crippen molar-refractivity contribution in [2.75, 3.05) is 0 Å². The zero-order valence-electron chi connectivity index (χ0n) is 5.17. The topological polar surface area (TPSA) is 172 Å². The Morgan fingerprint density at radius 1 is 1.00 bits per heavy atom. The van der Waals surface area contributed by atoms with Crippen LogP contribution in [0.1, 0.15) is 1.43 Å². The Balaban J connectivity index is -0.000000107. The van der Waals surface area contributed by atoms with Crippen molar-refractivity contribution < 1.29 is 51.8 Å². The molecule has 8 nitrogen and oxygen atoms in total. The Morgan fingerprint density at radius 2 is 1.00 bits per heavy atom. The van der Waals surface area contributed by atoms with Gasteiger partial charge in [-0.15, -0.1) is 0 Å². The molecule has 0 saturated heterocycles. The zero-order valence-corrected chi connectivity index (χ0v) is 6.55. The van der Waals surface area contributed by atoms with Crippen molar-refractivity contribution >= 4 is 10.4 Å². The Hall–Kier alpha value is 0.424. The fourth-order valence-electron chi connectivity index (χ4n) is 0.